The van der Waals surface area contributed by atoms with E-state index in [-0.39, 0.29) is 5.97 Å². The molecule has 102 valence electrons. The third-order valence-electron chi connectivity index (χ3n) is 3.25. The Morgan fingerprint density at radius 1 is 1.37 bits per heavy atom. The summed E-state index contributed by atoms with van der Waals surface area (Å²) in [6.45, 7) is 3.51. The van der Waals surface area contributed by atoms with Gasteiger partial charge in [0.25, 0.3) is 0 Å². The molecule has 2 rings (SSSR count). The molecule has 1 heterocycles. The van der Waals surface area contributed by atoms with Crippen LogP contribution >= 0.6 is 0 Å². The zero-order valence-corrected chi connectivity index (χ0v) is 11.3. The number of rotatable bonds is 3. The number of methoxy groups -OCH3 is 1. The van der Waals surface area contributed by atoms with Crippen LogP contribution in [0.1, 0.15) is 23.7 Å². The molecular weight excluding hydrogens is 242 g/mol. The molecule has 1 atom stereocenters. The predicted octanol–water partition coefficient (Wildman–Crippen LogP) is 2.63. The number of hydroxylamine groups is 2. The molecule has 0 aromatic heterocycles. The van der Waals surface area contributed by atoms with E-state index in [1.54, 1.807) is 30.6 Å². The van der Waals surface area contributed by atoms with Gasteiger partial charge in [0.05, 0.1) is 18.9 Å². The summed E-state index contributed by atoms with van der Waals surface area (Å²) in [5, 5.41) is 1.73. The Balaban J connectivity index is 1.92. The minimum absolute atomic E-state index is 0.299. The van der Waals surface area contributed by atoms with Crippen LogP contribution in [0.15, 0.2) is 42.2 Å². The predicted molar refractivity (Wildman–Crippen MR) is 72.3 cm³/mol. The highest BCUT2D eigenvalue weighted by atomic mass is 16.7. The van der Waals surface area contributed by atoms with Gasteiger partial charge in [0.2, 0.25) is 0 Å². The van der Waals surface area contributed by atoms with Crippen LogP contribution in [0.25, 0.3) is 0 Å². The number of ether oxygens (including phenoxy) is 1. The average molecular weight is 261 g/mol. The van der Waals surface area contributed by atoms with E-state index in [1.165, 1.54) is 5.57 Å². The van der Waals surface area contributed by atoms with E-state index < -0.39 is 0 Å². The highest BCUT2D eigenvalue weighted by Crippen LogP contribution is 2.22. The molecule has 1 aromatic rings. The lowest BCUT2D eigenvalue weighted by atomic mass is 9.96. The molecule has 0 saturated carbocycles. The largest absolute Gasteiger partial charge is 0.504 e. The molecule has 0 aliphatic carbocycles. The fourth-order valence-corrected chi connectivity index (χ4v) is 2.17. The fourth-order valence-electron chi connectivity index (χ4n) is 2.17. The molecule has 1 unspecified atom stereocenters. The maximum Gasteiger partial charge on any atom is 0.357 e. The quantitative estimate of drug-likeness (QED) is 0.784. The van der Waals surface area contributed by atoms with Gasteiger partial charge in [-0.15, -0.1) is 5.06 Å². The Kier molecular flexibility index (Phi) is 4.58. The van der Waals surface area contributed by atoms with Gasteiger partial charge in [-0.25, -0.2) is 4.79 Å². The Labute approximate surface area is 113 Å². The highest BCUT2D eigenvalue weighted by Gasteiger charge is 2.24. The lowest BCUT2D eigenvalue weighted by Crippen LogP contribution is -2.37. The van der Waals surface area contributed by atoms with E-state index >= 15 is 0 Å². The van der Waals surface area contributed by atoms with Crippen molar-refractivity contribution in [3.05, 3.63) is 47.7 Å². The molecular formula is C15H19NO3. The molecule has 0 amide bonds. The van der Waals surface area contributed by atoms with Gasteiger partial charge >= 0.3 is 5.97 Å². The van der Waals surface area contributed by atoms with Crippen LogP contribution in [0.3, 0.4) is 0 Å². The Morgan fingerprint density at radius 2 is 2.11 bits per heavy atom. The smallest absolute Gasteiger partial charge is 0.357 e. The minimum atomic E-state index is -0.299. The molecule has 4 heteroatoms. The van der Waals surface area contributed by atoms with Crippen molar-refractivity contribution < 1.29 is 14.4 Å². The first-order chi connectivity index (χ1) is 9.20. The van der Waals surface area contributed by atoms with E-state index in [0.29, 0.717) is 24.6 Å². The third-order valence-corrected chi connectivity index (χ3v) is 3.25. The molecule has 0 spiro atoms. The van der Waals surface area contributed by atoms with E-state index in [0.717, 1.165) is 6.42 Å². The van der Waals surface area contributed by atoms with Crippen molar-refractivity contribution in [2.75, 3.05) is 20.2 Å². The fraction of sp³-hybridized carbons (Fsp3) is 0.400. The molecule has 0 radical (unpaired) electrons. The van der Waals surface area contributed by atoms with Crippen LogP contribution in [0.4, 0.5) is 0 Å². The molecule has 0 N–H and O–H groups in total. The van der Waals surface area contributed by atoms with Gasteiger partial charge in [-0.1, -0.05) is 25.1 Å². The SMILES string of the molecule is CO/C=C1/CCN(OC(=O)c2ccccc2)CC1C. The van der Waals surface area contributed by atoms with Crippen LogP contribution < -0.4 is 0 Å². The van der Waals surface area contributed by atoms with Crippen molar-refractivity contribution in [2.45, 2.75) is 13.3 Å². The van der Waals surface area contributed by atoms with Crippen molar-refractivity contribution in [3.63, 3.8) is 0 Å². The van der Waals surface area contributed by atoms with Gasteiger partial charge < -0.3 is 9.57 Å². The van der Waals surface area contributed by atoms with Gasteiger partial charge in [-0.3, -0.25) is 0 Å². The maximum atomic E-state index is 11.9. The van der Waals surface area contributed by atoms with Crippen molar-refractivity contribution in [3.8, 4) is 0 Å². The number of benzene rings is 1. The Bertz CT molecular complexity index is 456. The first-order valence-corrected chi connectivity index (χ1v) is 6.44. The molecule has 1 aromatic carbocycles. The number of carbonyl (C=O) groups is 1. The van der Waals surface area contributed by atoms with Crippen molar-refractivity contribution in [1.29, 1.82) is 0 Å². The monoisotopic (exact) mass is 261 g/mol. The standard InChI is InChI=1S/C15H19NO3/c1-12-10-16(9-8-14(12)11-18-2)19-15(17)13-6-4-3-5-7-13/h3-7,11-12H,8-10H2,1-2H3/b14-11-. The summed E-state index contributed by atoms with van der Waals surface area (Å²) >= 11 is 0. The molecule has 1 saturated heterocycles. The summed E-state index contributed by atoms with van der Waals surface area (Å²) in [5.74, 6) is 0.0317. The average Bonchev–Trinajstić information content (AvgIpc) is 2.43. The summed E-state index contributed by atoms with van der Waals surface area (Å²) in [4.78, 5) is 17.3. The molecule has 19 heavy (non-hydrogen) atoms. The van der Waals surface area contributed by atoms with E-state index in [2.05, 4.69) is 6.92 Å². The zero-order chi connectivity index (χ0) is 13.7. The van der Waals surface area contributed by atoms with Crippen molar-refractivity contribution in [1.82, 2.24) is 5.06 Å². The van der Waals surface area contributed by atoms with Gasteiger partial charge in [-0.05, 0) is 30.0 Å². The zero-order valence-electron chi connectivity index (χ0n) is 11.3. The molecule has 1 fully saturated rings. The second-order valence-corrected chi connectivity index (χ2v) is 4.71. The first-order valence-electron chi connectivity index (χ1n) is 6.44. The van der Waals surface area contributed by atoms with Gasteiger partial charge in [-0.2, -0.15) is 0 Å². The van der Waals surface area contributed by atoms with Crippen LogP contribution in [-0.2, 0) is 9.57 Å². The number of carbonyl (C=O) groups excluding carboxylic acids is 1. The summed E-state index contributed by atoms with van der Waals surface area (Å²) in [5.41, 5.74) is 1.84. The number of hydrogen-bond donors (Lipinski definition) is 0. The molecule has 0 bridgehead atoms. The van der Waals surface area contributed by atoms with E-state index in [1.807, 2.05) is 18.2 Å². The lowest BCUT2D eigenvalue weighted by molar-refractivity contribution is -0.121. The molecule has 4 nitrogen and oxygen atoms in total. The Morgan fingerprint density at radius 3 is 2.74 bits per heavy atom. The van der Waals surface area contributed by atoms with Crippen molar-refractivity contribution in [2.24, 2.45) is 5.92 Å². The number of hydrogen-bond acceptors (Lipinski definition) is 4. The summed E-state index contributed by atoms with van der Waals surface area (Å²) in [7, 11) is 1.65. The summed E-state index contributed by atoms with van der Waals surface area (Å²) in [6, 6.07) is 9.04. The van der Waals surface area contributed by atoms with Crippen molar-refractivity contribution >= 4 is 5.97 Å². The van der Waals surface area contributed by atoms with Crippen LogP contribution in [0, 0.1) is 5.92 Å². The van der Waals surface area contributed by atoms with E-state index in [9.17, 15) is 4.79 Å². The van der Waals surface area contributed by atoms with Crippen LogP contribution in [-0.4, -0.2) is 31.2 Å². The second kappa shape index (κ2) is 6.38. The van der Waals surface area contributed by atoms with Gasteiger partial charge in [0, 0.05) is 13.1 Å². The Hall–Kier alpha value is -1.81. The highest BCUT2D eigenvalue weighted by molar-refractivity contribution is 5.89. The van der Waals surface area contributed by atoms with E-state index in [4.69, 9.17) is 9.57 Å². The minimum Gasteiger partial charge on any atom is -0.504 e. The summed E-state index contributed by atoms with van der Waals surface area (Å²) < 4.78 is 5.05. The second-order valence-electron chi connectivity index (χ2n) is 4.71. The van der Waals surface area contributed by atoms with Crippen LogP contribution in [0.5, 0.6) is 0 Å². The first kappa shape index (κ1) is 13.6. The number of nitrogens with zero attached hydrogens (tertiary/aromatic N) is 1. The third kappa shape index (κ3) is 3.58. The van der Waals surface area contributed by atoms with Crippen LogP contribution in [0.2, 0.25) is 0 Å². The van der Waals surface area contributed by atoms with Gasteiger partial charge in [0.1, 0.15) is 0 Å². The molecule has 1 aliphatic rings. The normalized spacial score (nSPS) is 22.2. The van der Waals surface area contributed by atoms with Gasteiger partial charge in [0.15, 0.2) is 0 Å². The lowest BCUT2D eigenvalue weighted by Gasteiger charge is -2.31. The number of piperidine rings is 1. The topological polar surface area (TPSA) is 38.8 Å². The summed E-state index contributed by atoms with van der Waals surface area (Å²) in [6.07, 6.45) is 2.65. The molecule has 1 aliphatic heterocycles. The maximum absolute atomic E-state index is 11.9.